The highest BCUT2D eigenvalue weighted by Crippen LogP contribution is 2.40. The Kier molecular flexibility index (Phi) is 3.76. The van der Waals surface area contributed by atoms with Gasteiger partial charge < -0.3 is 14.8 Å². The van der Waals surface area contributed by atoms with Crippen molar-refractivity contribution in [1.82, 2.24) is 0 Å². The zero-order valence-corrected chi connectivity index (χ0v) is 15.7. The third-order valence-electron chi connectivity index (χ3n) is 5.41. The third kappa shape index (κ3) is 2.59. The van der Waals surface area contributed by atoms with Crippen molar-refractivity contribution < 1.29 is 14.3 Å². The van der Waals surface area contributed by atoms with Gasteiger partial charge in [0.05, 0.1) is 5.56 Å². The lowest BCUT2D eigenvalue weighted by molar-refractivity contribution is 0.0975. The Morgan fingerprint density at radius 2 is 1.75 bits per heavy atom. The van der Waals surface area contributed by atoms with E-state index in [1.165, 1.54) is 5.56 Å². The van der Waals surface area contributed by atoms with Crippen molar-refractivity contribution in [1.29, 1.82) is 0 Å². The van der Waals surface area contributed by atoms with Gasteiger partial charge in [0.2, 0.25) is 6.79 Å². The van der Waals surface area contributed by atoms with Gasteiger partial charge in [-0.05, 0) is 66.9 Å². The normalized spacial score (nSPS) is 17.3. The van der Waals surface area contributed by atoms with E-state index in [4.69, 9.17) is 9.47 Å². The molecule has 0 saturated heterocycles. The predicted octanol–water partition coefficient (Wildman–Crippen LogP) is 4.80. The molecule has 0 unspecified atom stereocenters. The number of carbonyl (C=O) groups is 1. The van der Waals surface area contributed by atoms with Gasteiger partial charge in [0.1, 0.15) is 6.17 Å². The second-order valence-corrected chi connectivity index (χ2v) is 7.15. The van der Waals surface area contributed by atoms with Crippen molar-refractivity contribution in [2.24, 2.45) is 0 Å². The SMILES string of the molecule is Cc1ccc(N2C(=O)c3ccccc3N[C@@H]2c2ccc3c(c2)OCO3)cc1C. The summed E-state index contributed by atoms with van der Waals surface area (Å²) in [6, 6.07) is 19.5. The maximum atomic E-state index is 13.5. The van der Waals surface area contributed by atoms with E-state index in [1.54, 1.807) is 0 Å². The number of nitrogens with one attached hydrogen (secondary N) is 1. The smallest absolute Gasteiger partial charge is 0.262 e. The van der Waals surface area contributed by atoms with Crippen LogP contribution in [-0.4, -0.2) is 12.7 Å². The number of rotatable bonds is 2. The first-order chi connectivity index (χ1) is 13.6. The first-order valence-corrected chi connectivity index (χ1v) is 9.28. The van der Waals surface area contributed by atoms with E-state index < -0.39 is 0 Å². The highest BCUT2D eigenvalue weighted by Gasteiger charge is 2.34. The molecule has 5 nitrogen and oxygen atoms in total. The van der Waals surface area contributed by atoms with E-state index >= 15 is 0 Å². The molecule has 0 saturated carbocycles. The van der Waals surface area contributed by atoms with Gasteiger partial charge in [0, 0.05) is 11.4 Å². The minimum atomic E-state index is -0.348. The van der Waals surface area contributed by atoms with Gasteiger partial charge in [-0.15, -0.1) is 0 Å². The monoisotopic (exact) mass is 372 g/mol. The summed E-state index contributed by atoms with van der Waals surface area (Å²) in [6.07, 6.45) is -0.348. The van der Waals surface area contributed by atoms with Crippen molar-refractivity contribution in [2.75, 3.05) is 17.0 Å². The molecule has 1 atom stereocenters. The quantitative estimate of drug-likeness (QED) is 0.702. The summed E-state index contributed by atoms with van der Waals surface area (Å²) >= 11 is 0. The van der Waals surface area contributed by atoms with Gasteiger partial charge in [-0.1, -0.05) is 24.3 Å². The van der Waals surface area contributed by atoms with Crippen LogP contribution in [0.15, 0.2) is 60.7 Å². The molecule has 2 aliphatic heterocycles. The van der Waals surface area contributed by atoms with Crippen LogP contribution >= 0.6 is 0 Å². The zero-order valence-electron chi connectivity index (χ0n) is 15.7. The number of para-hydroxylation sites is 1. The first-order valence-electron chi connectivity index (χ1n) is 9.28. The lowest BCUT2D eigenvalue weighted by atomic mass is 10.0. The summed E-state index contributed by atoms with van der Waals surface area (Å²) < 4.78 is 11.0. The van der Waals surface area contributed by atoms with Gasteiger partial charge in [0.15, 0.2) is 11.5 Å². The van der Waals surface area contributed by atoms with Gasteiger partial charge in [-0.2, -0.15) is 0 Å². The minimum Gasteiger partial charge on any atom is -0.454 e. The number of nitrogens with zero attached hydrogens (tertiary/aromatic N) is 1. The van der Waals surface area contributed by atoms with Gasteiger partial charge in [0.25, 0.3) is 5.91 Å². The number of aryl methyl sites for hydroxylation is 2. The van der Waals surface area contributed by atoms with Crippen LogP contribution in [0.3, 0.4) is 0 Å². The van der Waals surface area contributed by atoms with Crippen LogP contribution < -0.4 is 19.7 Å². The second-order valence-electron chi connectivity index (χ2n) is 7.15. The van der Waals surface area contributed by atoms with Crippen LogP contribution in [0.25, 0.3) is 0 Å². The molecule has 1 amide bonds. The third-order valence-corrected chi connectivity index (χ3v) is 5.41. The number of anilines is 2. The van der Waals surface area contributed by atoms with Crippen LogP contribution in [0.2, 0.25) is 0 Å². The summed E-state index contributed by atoms with van der Waals surface area (Å²) in [5.41, 5.74) is 5.63. The number of hydrogen-bond acceptors (Lipinski definition) is 4. The molecule has 2 heterocycles. The van der Waals surface area contributed by atoms with E-state index in [0.717, 1.165) is 28.3 Å². The Hall–Kier alpha value is -3.47. The van der Waals surface area contributed by atoms with Crippen LogP contribution in [0.5, 0.6) is 11.5 Å². The van der Waals surface area contributed by atoms with Gasteiger partial charge in [-0.3, -0.25) is 9.69 Å². The van der Waals surface area contributed by atoms with Crippen LogP contribution in [0.4, 0.5) is 11.4 Å². The fourth-order valence-corrected chi connectivity index (χ4v) is 3.71. The molecule has 3 aromatic rings. The van der Waals surface area contributed by atoms with Gasteiger partial charge in [-0.25, -0.2) is 0 Å². The molecule has 5 rings (SSSR count). The zero-order chi connectivity index (χ0) is 19.3. The average molecular weight is 372 g/mol. The van der Waals surface area contributed by atoms with Crippen molar-refractivity contribution in [3.05, 3.63) is 82.9 Å². The second kappa shape index (κ2) is 6.30. The molecule has 2 aliphatic rings. The van der Waals surface area contributed by atoms with Crippen LogP contribution in [0, 0.1) is 13.8 Å². The predicted molar refractivity (Wildman–Crippen MR) is 108 cm³/mol. The summed E-state index contributed by atoms with van der Waals surface area (Å²) in [5.74, 6) is 1.40. The Morgan fingerprint density at radius 1 is 0.929 bits per heavy atom. The Morgan fingerprint density at radius 3 is 2.61 bits per heavy atom. The summed E-state index contributed by atoms with van der Waals surface area (Å²) in [6.45, 7) is 4.35. The molecule has 1 N–H and O–H groups in total. The Balaban J connectivity index is 1.65. The molecule has 3 aromatic carbocycles. The van der Waals surface area contributed by atoms with Crippen molar-refractivity contribution in [3.63, 3.8) is 0 Å². The summed E-state index contributed by atoms with van der Waals surface area (Å²) in [7, 11) is 0. The number of carbonyl (C=O) groups excluding carboxylic acids is 1. The average Bonchev–Trinajstić information content (AvgIpc) is 3.18. The number of benzene rings is 3. The van der Waals surface area contributed by atoms with Crippen molar-refractivity contribution in [3.8, 4) is 11.5 Å². The Labute approximate surface area is 163 Å². The molecule has 28 heavy (non-hydrogen) atoms. The molecule has 0 aliphatic carbocycles. The number of amides is 1. The maximum absolute atomic E-state index is 13.5. The van der Waals surface area contributed by atoms with E-state index in [2.05, 4.69) is 31.3 Å². The highest BCUT2D eigenvalue weighted by molar-refractivity contribution is 6.12. The lowest BCUT2D eigenvalue weighted by Gasteiger charge is -2.38. The fourth-order valence-electron chi connectivity index (χ4n) is 3.71. The standard InChI is InChI=1S/C23H20N2O3/c1-14-7-9-17(11-15(14)2)25-22(16-8-10-20-21(12-16)28-13-27-20)24-19-6-4-3-5-18(19)23(25)26/h3-12,22,24H,13H2,1-2H3/t22-/m0/s1. The Bertz CT molecular complexity index is 1090. The van der Waals surface area contributed by atoms with E-state index in [0.29, 0.717) is 11.3 Å². The highest BCUT2D eigenvalue weighted by atomic mass is 16.7. The minimum absolute atomic E-state index is 0.0275. The molecule has 0 bridgehead atoms. The summed E-state index contributed by atoms with van der Waals surface area (Å²) in [4.78, 5) is 15.3. The molecule has 0 fully saturated rings. The summed E-state index contributed by atoms with van der Waals surface area (Å²) in [5, 5.41) is 3.53. The molecular formula is C23H20N2O3. The van der Waals surface area contributed by atoms with Crippen molar-refractivity contribution in [2.45, 2.75) is 20.0 Å². The van der Waals surface area contributed by atoms with E-state index in [9.17, 15) is 4.79 Å². The van der Waals surface area contributed by atoms with Crippen molar-refractivity contribution >= 4 is 17.3 Å². The molecule has 140 valence electrons. The largest absolute Gasteiger partial charge is 0.454 e. The van der Waals surface area contributed by atoms with Crippen LogP contribution in [-0.2, 0) is 0 Å². The topological polar surface area (TPSA) is 50.8 Å². The van der Waals surface area contributed by atoms with Gasteiger partial charge >= 0.3 is 0 Å². The van der Waals surface area contributed by atoms with E-state index in [1.807, 2.05) is 53.4 Å². The molecule has 0 aromatic heterocycles. The number of hydrogen-bond donors (Lipinski definition) is 1. The first kappa shape index (κ1) is 16.7. The fraction of sp³-hybridized carbons (Fsp3) is 0.174. The molecule has 0 radical (unpaired) electrons. The van der Waals surface area contributed by atoms with E-state index in [-0.39, 0.29) is 18.9 Å². The van der Waals surface area contributed by atoms with Crippen LogP contribution in [0.1, 0.15) is 33.2 Å². The molecular weight excluding hydrogens is 352 g/mol. The molecule has 0 spiro atoms. The molecule has 5 heteroatoms. The maximum Gasteiger partial charge on any atom is 0.262 e. The lowest BCUT2D eigenvalue weighted by Crippen LogP contribution is -2.43. The number of ether oxygens (including phenoxy) is 2. The number of fused-ring (bicyclic) bond motifs is 2.